The lowest BCUT2D eigenvalue weighted by Gasteiger charge is -2.11. The van der Waals surface area contributed by atoms with E-state index < -0.39 is 5.97 Å². The third-order valence-corrected chi connectivity index (χ3v) is 3.11. The molecule has 18 heavy (non-hydrogen) atoms. The maximum absolute atomic E-state index is 10.8. The zero-order chi connectivity index (χ0) is 13.1. The van der Waals surface area contributed by atoms with E-state index in [-0.39, 0.29) is 6.42 Å². The minimum Gasteiger partial charge on any atom is -0.481 e. The molecule has 0 aliphatic heterocycles. The van der Waals surface area contributed by atoms with E-state index in [0.29, 0.717) is 11.3 Å². The second-order valence-corrected chi connectivity index (χ2v) is 4.88. The smallest absolute Gasteiger partial charge is 0.307 e. The molecule has 0 radical (unpaired) electrons. The Morgan fingerprint density at radius 3 is 2.50 bits per heavy atom. The van der Waals surface area contributed by atoms with Crippen LogP contribution in [0.15, 0.2) is 46.9 Å². The first kappa shape index (κ1) is 12.6. The topological polar surface area (TPSA) is 63.3 Å². The van der Waals surface area contributed by atoms with E-state index >= 15 is 0 Å². The van der Waals surface area contributed by atoms with Gasteiger partial charge in [-0.1, -0.05) is 46.3 Å². The van der Waals surface area contributed by atoms with Crippen LogP contribution in [0.5, 0.6) is 0 Å². The Morgan fingerprint density at radius 1 is 1.22 bits per heavy atom. The Hall–Kier alpha value is -1.81. The summed E-state index contributed by atoms with van der Waals surface area (Å²) in [5.41, 5.74) is 9.01. The molecule has 2 aromatic carbocycles. The monoisotopic (exact) mass is 305 g/mol. The lowest BCUT2D eigenvalue weighted by atomic mass is 9.99. The highest BCUT2D eigenvalue weighted by Crippen LogP contribution is 2.32. The molecule has 0 aromatic heterocycles. The summed E-state index contributed by atoms with van der Waals surface area (Å²) in [6.45, 7) is 0. The Labute approximate surface area is 113 Å². The van der Waals surface area contributed by atoms with Crippen LogP contribution in [0.3, 0.4) is 0 Å². The SMILES string of the molecule is Nc1c(CC(=O)O)cc(Br)cc1-c1ccccc1. The Morgan fingerprint density at radius 2 is 1.89 bits per heavy atom. The predicted molar refractivity (Wildman–Crippen MR) is 75.3 cm³/mol. The molecule has 3 nitrogen and oxygen atoms in total. The van der Waals surface area contributed by atoms with Crippen molar-refractivity contribution in [1.82, 2.24) is 0 Å². The predicted octanol–water partition coefficient (Wildman–Crippen LogP) is 3.33. The highest BCUT2D eigenvalue weighted by Gasteiger charge is 2.11. The highest BCUT2D eigenvalue weighted by atomic mass is 79.9. The van der Waals surface area contributed by atoms with E-state index in [1.54, 1.807) is 6.07 Å². The van der Waals surface area contributed by atoms with Gasteiger partial charge in [-0.15, -0.1) is 0 Å². The summed E-state index contributed by atoms with van der Waals surface area (Å²) in [5, 5.41) is 8.87. The molecule has 4 heteroatoms. The molecule has 92 valence electrons. The molecule has 0 aliphatic carbocycles. The van der Waals surface area contributed by atoms with Crippen molar-refractivity contribution in [2.75, 3.05) is 5.73 Å². The van der Waals surface area contributed by atoms with Crippen LogP contribution in [0, 0.1) is 0 Å². The van der Waals surface area contributed by atoms with E-state index in [1.165, 1.54) is 0 Å². The molecular formula is C14H12BrNO2. The zero-order valence-corrected chi connectivity index (χ0v) is 11.1. The van der Waals surface area contributed by atoms with Crippen LogP contribution in [-0.2, 0) is 11.2 Å². The van der Waals surface area contributed by atoms with Crippen molar-refractivity contribution in [2.24, 2.45) is 0 Å². The quantitative estimate of drug-likeness (QED) is 0.855. The Bertz CT molecular complexity index is 582. The average molecular weight is 306 g/mol. The summed E-state index contributed by atoms with van der Waals surface area (Å²) in [7, 11) is 0. The molecule has 0 bridgehead atoms. The van der Waals surface area contributed by atoms with Crippen LogP contribution in [-0.4, -0.2) is 11.1 Å². The molecule has 0 saturated heterocycles. The first-order chi connectivity index (χ1) is 8.58. The van der Waals surface area contributed by atoms with Gasteiger partial charge in [-0.3, -0.25) is 4.79 Å². The fraction of sp³-hybridized carbons (Fsp3) is 0.0714. The van der Waals surface area contributed by atoms with Gasteiger partial charge in [0.15, 0.2) is 0 Å². The second kappa shape index (κ2) is 5.23. The number of halogens is 1. The third kappa shape index (κ3) is 2.71. The molecule has 0 unspecified atom stereocenters. The second-order valence-electron chi connectivity index (χ2n) is 3.96. The Balaban J connectivity index is 2.55. The first-order valence-corrected chi connectivity index (χ1v) is 6.22. The number of anilines is 1. The molecule has 0 fully saturated rings. The van der Waals surface area contributed by atoms with Crippen LogP contribution in [0.1, 0.15) is 5.56 Å². The summed E-state index contributed by atoms with van der Waals surface area (Å²) in [4.78, 5) is 10.8. The first-order valence-electron chi connectivity index (χ1n) is 5.43. The van der Waals surface area contributed by atoms with Crippen LogP contribution >= 0.6 is 15.9 Å². The number of carbonyl (C=O) groups is 1. The maximum Gasteiger partial charge on any atom is 0.307 e. The van der Waals surface area contributed by atoms with Crippen molar-refractivity contribution < 1.29 is 9.90 Å². The van der Waals surface area contributed by atoms with E-state index in [0.717, 1.165) is 15.6 Å². The van der Waals surface area contributed by atoms with Crippen LogP contribution < -0.4 is 5.73 Å². The Kier molecular flexibility index (Phi) is 3.67. The van der Waals surface area contributed by atoms with Gasteiger partial charge in [-0.2, -0.15) is 0 Å². The van der Waals surface area contributed by atoms with Gasteiger partial charge < -0.3 is 10.8 Å². The minimum atomic E-state index is -0.890. The number of benzene rings is 2. The zero-order valence-electron chi connectivity index (χ0n) is 9.56. The number of hydrogen-bond acceptors (Lipinski definition) is 2. The van der Waals surface area contributed by atoms with E-state index in [2.05, 4.69) is 15.9 Å². The third-order valence-electron chi connectivity index (χ3n) is 2.66. The minimum absolute atomic E-state index is 0.0783. The van der Waals surface area contributed by atoms with Crippen molar-refractivity contribution in [3.05, 3.63) is 52.5 Å². The molecule has 0 amide bonds. The number of carboxylic acids is 1. The van der Waals surface area contributed by atoms with Crippen molar-refractivity contribution in [3.8, 4) is 11.1 Å². The molecule has 2 rings (SSSR count). The molecule has 0 heterocycles. The highest BCUT2D eigenvalue weighted by molar-refractivity contribution is 9.10. The fourth-order valence-electron chi connectivity index (χ4n) is 1.84. The van der Waals surface area contributed by atoms with E-state index in [4.69, 9.17) is 10.8 Å². The van der Waals surface area contributed by atoms with Gasteiger partial charge in [0.05, 0.1) is 6.42 Å². The standard InChI is InChI=1S/C14H12BrNO2/c15-11-6-10(7-13(17)18)14(16)12(8-11)9-4-2-1-3-5-9/h1-6,8H,7,16H2,(H,17,18). The molecular weight excluding hydrogens is 294 g/mol. The molecule has 0 spiro atoms. The van der Waals surface area contributed by atoms with Crippen molar-refractivity contribution in [2.45, 2.75) is 6.42 Å². The van der Waals surface area contributed by atoms with Gasteiger partial charge >= 0.3 is 5.97 Å². The average Bonchev–Trinajstić information content (AvgIpc) is 2.34. The molecule has 3 N–H and O–H groups in total. The maximum atomic E-state index is 10.8. The summed E-state index contributed by atoms with van der Waals surface area (Å²) in [6.07, 6.45) is -0.0783. The summed E-state index contributed by atoms with van der Waals surface area (Å²) < 4.78 is 0.826. The summed E-state index contributed by atoms with van der Waals surface area (Å²) in [5.74, 6) is -0.890. The van der Waals surface area contributed by atoms with Crippen LogP contribution in [0.25, 0.3) is 11.1 Å². The van der Waals surface area contributed by atoms with Gasteiger partial charge in [0.25, 0.3) is 0 Å². The fourth-order valence-corrected chi connectivity index (χ4v) is 2.35. The molecule has 2 aromatic rings. The van der Waals surface area contributed by atoms with Crippen molar-refractivity contribution >= 4 is 27.6 Å². The summed E-state index contributed by atoms with van der Waals surface area (Å²) >= 11 is 3.39. The lowest BCUT2D eigenvalue weighted by molar-refractivity contribution is -0.136. The van der Waals surface area contributed by atoms with Crippen molar-refractivity contribution in [1.29, 1.82) is 0 Å². The number of carboxylic acid groups (broad SMARTS) is 1. The lowest BCUT2D eigenvalue weighted by Crippen LogP contribution is -2.05. The normalized spacial score (nSPS) is 10.3. The number of rotatable bonds is 3. The van der Waals surface area contributed by atoms with Crippen LogP contribution in [0.4, 0.5) is 5.69 Å². The number of nitrogens with two attached hydrogens (primary N) is 1. The van der Waals surface area contributed by atoms with Gasteiger partial charge in [-0.25, -0.2) is 0 Å². The molecule has 0 atom stereocenters. The molecule has 0 aliphatic rings. The van der Waals surface area contributed by atoms with Crippen molar-refractivity contribution in [3.63, 3.8) is 0 Å². The molecule has 0 saturated carbocycles. The van der Waals surface area contributed by atoms with E-state index in [9.17, 15) is 4.79 Å². The van der Waals surface area contributed by atoms with Gasteiger partial charge in [0.1, 0.15) is 0 Å². The number of aliphatic carboxylic acids is 1. The van der Waals surface area contributed by atoms with Gasteiger partial charge in [0, 0.05) is 15.7 Å². The number of nitrogen functional groups attached to an aromatic ring is 1. The van der Waals surface area contributed by atoms with Crippen LogP contribution in [0.2, 0.25) is 0 Å². The van der Waals surface area contributed by atoms with E-state index in [1.807, 2.05) is 36.4 Å². The van der Waals surface area contributed by atoms with Gasteiger partial charge in [0.2, 0.25) is 0 Å². The largest absolute Gasteiger partial charge is 0.481 e. The van der Waals surface area contributed by atoms with Gasteiger partial charge in [-0.05, 0) is 23.3 Å². The summed E-state index contributed by atoms with van der Waals surface area (Å²) in [6, 6.07) is 13.3. The number of hydrogen-bond donors (Lipinski definition) is 2.